The molecule has 0 amide bonds. The van der Waals surface area contributed by atoms with Gasteiger partial charge in [0.1, 0.15) is 6.10 Å². The molecule has 0 saturated carbocycles. The first-order valence-corrected chi connectivity index (χ1v) is 3.55. The molecule has 72 valence electrons. The summed E-state index contributed by atoms with van der Waals surface area (Å²) in [6, 6.07) is 0. The van der Waals surface area contributed by atoms with Gasteiger partial charge in [0, 0.05) is 6.42 Å². The molecule has 0 radical (unpaired) electrons. The van der Waals surface area contributed by atoms with Gasteiger partial charge in [-0.3, -0.25) is 0 Å². The molecule has 3 unspecified atom stereocenters. The largest absolute Gasteiger partial charge is 0.394 e. The van der Waals surface area contributed by atoms with E-state index in [4.69, 9.17) is 20.4 Å². The Bertz CT molecular complexity index is 160. The summed E-state index contributed by atoms with van der Waals surface area (Å²) in [5.74, 6) is -2.16. The third kappa shape index (κ3) is 1.58. The van der Waals surface area contributed by atoms with Gasteiger partial charge in [0.25, 0.3) is 0 Å². The van der Waals surface area contributed by atoms with E-state index in [1.54, 1.807) is 0 Å². The molecule has 0 aromatic heterocycles. The highest BCUT2D eigenvalue weighted by atomic mass is 16.7. The van der Waals surface area contributed by atoms with Gasteiger partial charge >= 0.3 is 0 Å². The van der Waals surface area contributed by atoms with Gasteiger partial charge in [0.15, 0.2) is 0 Å². The normalized spacial score (nSPS) is 42.5. The monoisotopic (exact) mass is 180 g/mol. The Morgan fingerprint density at radius 1 is 1.50 bits per heavy atom. The molecule has 12 heavy (non-hydrogen) atoms. The quantitative estimate of drug-likeness (QED) is 0.292. The van der Waals surface area contributed by atoms with E-state index in [1.807, 2.05) is 0 Å². The highest BCUT2D eigenvalue weighted by molar-refractivity contribution is 4.87. The van der Waals surface area contributed by atoms with Crippen LogP contribution >= 0.6 is 0 Å². The number of ether oxygens (including phenoxy) is 1. The summed E-state index contributed by atoms with van der Waals surface area (Å²) in [5.41, 5.74) is 0. The van der Waals surface area contributed by atoms with Crippen molar-refractivity contribution in [2.45, 2.75) is 30.7 Å². The van der Waals surface area contributed by atoms with Crippen molar-refractivity contribution in [2.75, 3.05) is 6.61 Å². The van der Waals surface area contributed by atoms with Crippen LogP contribution in [0.5, 0.6) is 0 Å². The van der Waals surface area contributed by atoms with Crippen LogP contribution in [0.2, 0.25) is 0 Å². The summed E-state index contributed by atoms with van der Waals surface area (Å²) < 4.78 is 4.63. The summed E-state index contributed by atoms with van der Waals surface area (Å²) in [6.07, 6.45) is -4.45. The predicted octanol–water partition coefficient (Wildman–Crippen LogP) is -2.87. The fourth-order valence-corrected chi connectivity index (χ4v) is 1.15. The molecule has 3 atom stereocenters. The van der Waals surface area contributed by atoms with E-state index in [1.165, 1.54) is 0 Å². The summed E-state index contributed by atoms with van der Waals surface area (Å²) >= 11 is 0. The van der Waals surface area contributed by atoms with Crippen LogP contribution < -0.4 is 0 Å². The molecule has 5 N–H and O–H groups in total. The second-order valence-electron chi connectivity index (χ2n) is 2.83. The topological polar surface area (TPSA) is 110 Å². The molecular weight excluding hydrogens is 168 g/mol. The molecule has 0 spiro atoms. The van der Waals surface area contributed by atoms with Gasteiger partial charge in [0.2, 0.25) is 12.1 Å². The van der Waals surface area contributed by atoms with Crippen molar-refractivity contribution in [2.24, 2.45) is 0 Å². The standard InChI is InChI=1S/C6H12O6/c7-2-4-3(8)1-6(11,12-4)5(9)10/h3-5,7-11H,1-2H2. The Hall–Kier alpha value is -0.240. The fourth-order valence-electron chi connectivity index (χ4n) is 1.15. The maximum Gasteiger partial charge on any atom is 0.220 e. The first kappa shape index (κ1) is 9.85. The number of aliphatic hydroxyl groups is 5. The molecule has 1 rings (SSSR count). The van der Waals surface area contributed by atoms with Crippen molar-refractivity contribution in [1.82, 2.24) is 0 Å². The molecule has 1 heterocycles. The van der Waals surface area contributed by atoms with Crippen LogP contribution in [-0.4, -0.2) is 56.4 Å². The molecule has 0 bridgehead atoms. The Balaban J connectivity index is 2.63. The Labute approximate surface area is 68.6 Å². The zero-order valence-corrected chi connectivity index (χ0v) is 6.29. The average Bonchev–Trinajstić information content (AvgIpc) is 2.27. The van der Waals surface area contributed by atoms with Crippen molar-refractivity contribution in [3.05, 3.63) is 0 Å². The minimum Gasteiger partial charge on any atom is -0.394 e. The average molecular weight is 180 g/mol. The molecule has 6 heteroatoms. The number of hydrogen-bond donors (Lipinski definition) is 5. The summed E-state index contributed by atoms with van der Waals surface area (Å²) in [7, 11) is 0. The van der Waals surface area contributed by atoms with E-state index in [-0.39, 0.29) is 6.42 Å². The minimum atomic E-state index is -2.16. The van der Waals surface area contributed by atoms with Gasteiger partial charge < -0.3 is 30.3 Å². The van der Waals surface area contributed by atoms with Gasteiger partial charge in [-0.2, -0.15) is 0 Å². The molecule has 6 nitrogen and oxygen atoms in total. The highest BCUT2D eigenvalue weighted by Crippen LogP contribution is 2.30. The number of hydrogen-bond acceptors (Lipinski definition) is 6. The molecule has 1 aliphatic heterocycles. The van der Waals surface area contributed by atoms with Crippen LogP contribution in [0.15, 0.2) is 0 Å². The van der Waals surface area contributed by atoms with E-state index < -0.39 is 30.9 Å². The van der Waals surface area contributed by atoms with Crippen LogP contribution in [0.3, 0.4) is 0 Å². The lowest BCUT2D eigenvalue weighted by molar-refractivity contribution is -0.303. The lowest BCUT2D eigenvalue weighted by Crippen LogP contribution is -2.42. The van der Waals surface area contributed by atoms with Gasteiger partial charge in [-0.05, 0) is 0 Å². The first-order valence-electron chi connectivity index (χ1n) is 3.55. The van der Waals surface area contributed by atoms with E-state index in [2.05, 4.69) is 4.74 Å². The van der Waals surface area contributed by atoms with E-state index in [0.717, 1.165) is 0 Å². The molecular formula is C6H12O6. The summed E-state index contributed by atoms with van der Waals surface area (Å²) in [5, 5.41) is 44.2. The SMILES string of the molecule is OCC1OC(O)(C(O)O)CC1O. The predicted molar refractivity (Wildman–Crippen MR) is 35.8 cm³/mol. The van der Waals surface area contributed by atoms with Crippen molar-refractivity contribution >= 4 is 0 Å². The van der Waals surface area contributed by atoms with Crippen LogP contribution in [0.1, 0.15) is 6.42 Å². The smallest absolute Gasteiger partial charge is 0.220 e. The van der Waals surface area contributed by atoms with E-state index in [0.29, 0.717) is 0 Å². The van der Waals surface area contributed by atoms with Crippen molar-refractivity contribution in [3.8, 4) is 0 Å². The molecule has 0 aliphatic carbocycles. The maximum absolute atomic E-state index is 9.25. The van der Waals surface area contributed by atoms with Crippen LogP contribution in [0.25, 0.3) is 0 Å². The summed E-state index contributed by atoms with van der Waals surface area (Å²) in [6.45, 7) is -0.476. The van der Waals surface area contributed by atoms with Gasteiger partial charge in [0.05, 0.1) is 12.7 Å². The Morgan fingerprint density at radius 2 is 2.08 bits per heavy atom. The zero-order chi connectivity index (χ0) is 9.35. The number of rotatable bonds is 2. The fraction of sp³-hybridized carbons (Fsp3) is 1.00. The van der Waals surface area contributed by atoms with Crippen LogP contribution in [0, 0.1) is 0 Å². The second kappa shape index (κ2) is 3.25. The summed E-state index contributed by atoms with van der Waals surface area (Å²) in [4.78, 5) is 0. The minimum absolute atomic E-state index is 0.324. The first-order chi connectivity index (χ1) is 5.49. The lowest BCUT2D eigenvalue weighted by atomic mass is 10.1. The molecule has 0 aromatic carbocycles. The van der Waals surface area contributed by atoms with Gasteiger partial charge in [-0.25, -0.2) is 0 Å². The highest BCUT2D eigenvalue weighted by Gasteiger charge is 2.48. The number of aliphatic hydroxyl groups excluding tert-OH is 3. The third-order valence-electron chi connectivity index (χ3n) is 1.87. The zero-order valence-electron chi connectivity index (χ0n) is 6.29. The maximum atomic E-state index is 9.25. The van der Waals surface area contributed by atoms with Crippen LogP contribution in [-0.2, 0) is 4.74 Å². The van der Waals surface area contributed by atoms with Crippen molar-refractivity contribution in [1.29, 1.82) is 0 Å². The molecule has 1 aliphatic rings. The lowest BCUT2D eigenvalue weighted by Gasteiger charge is -2.23. The van der Waals surface area contributed by atoms with Gasteiger partial charge in [-0.1, -0.05) is 0 Å². The van der Waals surface area contributed by atoms with Gasteiger partial charge in [-0.15, -0.1) is 0 Å². The van der Waals surface area contributed by atoms with E-state index >= 15 is 0 Å². The Kier molecular flexibility index (Phi) is 2.67. The molecule has 0 aromatic rings. The molecule has 1 fully saturated rings. The second-order valence-corrected chi connectivity index (χ2v) is 2.83. The van der Waals surface area contributed by atoms with E-state index in [9.17, 15) is 5.11 Å². The third-order valence-corrected chi connectivity index (χ3v) is 1.87. The van der Waals surface area contributed by atoms with Crippen LogP contribution in [0.4, 0.5) is 0 Å². The van der Waals surface area contributed by atoms with Crippen molar-refractivity contribution in [3.63, 3.8) is 0 Å². The molecule has 1 saturated heterocycles. The Morgan fingerprint density at radius 3 is 2.33 bits per heavy atom. The van der Waals surface area contributed by atoms with Crippen molar-refractivity contribution < 1.29 is 30.3 Å².